The van der Waals surface area contributed by atoms with E-state index in [0.717, 1.165) is 20.9 Å². The van der Waals surface area contributed by atoms with Crippen molar-refractivity contribution >= 4 is 31.9 Å². The monoisotopic (exact) mass is 417 g/mol. The molecule has 0 atom stereocenters. The van der Waals surface area contributed by atoms with Crippen molar-refractivity contribution in [3.63, 3.8) is 0 Å². The van der Waals surface area contributed by atoms with Gasteiger partial charge in [-0.25, -0.2) is 0 Å². The van der Waals surface area contributed by atoms with Crippen LogP contribution in [0.1, 0.15) is 37.0 Å². The summed E-state index contributed by atoms with van der Waals surface area (Å²) in [5, 5.41) is 3.90. The van der Waals surface area contributed by atoms with Gasteiger partial charge >= 0.3 is 0 Å². The van der Waals surface area contributed by atoms with Crippen LogP contribution in [0.4, 0.5) is 0 Å². The van der Waals surface area contributed by atoms with Gasteiger partial charge in [-0.2, -0.15) is 4.98 Å². The van der Waals surface area contributed by atoms with Crippen molar-refractivity contribution in [3.05, 3.63) is 38.4 Å². The lowest BCUT2D eigenvalue weighted by atomic mass is 10.1. The predicted octanol–water partition coefficient (Wildman–Crippen LogP) is 3.80. The quantitative estimate of drug-likeness (QED) is 0.772. The fraction of sp³-hybridized carbons (Fsp3) is 0.429. The van der Waals surface area contributed by atoms with Gasteiger partial charge in [-0.1, -0.05) is 19.0 Å². The highest BCUT2D eigenvalue weighted by Crippen LogP contribution is 2.35. The molecule has 21 heavy (non-hydrogen) atoms. The van der Waals surface area contributed by atoms with E-state index in [1.54, 1.807) is 0 Å². The molecule has 0 aliphatic rings. The second-order valence-electron chi connectivity index (χ2n) is 4.92. The molecule has 0 radical (unpaired) electrons. The molecule has 0 spiro atoms. The Bertz CT molecular complexity index is 591. The first-order valence-electron chi connectivity index (χ1n) is 6.64. The number of rotatable bonds is 6. The van der Waals surface area contributed by atoms with Crippen LogP contribution in [0.5, 0.6) is 5.75 Å². The first-order valence-corrected chi connectivity index (χ1v) is 8.23. The Morgan fingerprint density at radius 3 is 2.48 bits per heavy atom. The van der Waals surface area contributed by atoms with Gasteiger partial charge in [0.05, 0.1) is 8.95 Å². The Labute approximate surface area is 140 Å². The Balaban J connectivity index is 2.08. The van der Waals surface area contributed by atoms with Gasteiger partial charge in [-0.15, -0.1) is 0 Å². The molecule has 2 rings (SSSR count). The van der Waals surface area contributed by atoms with E-state index in [-0.39, 0.29) is 12.5 Å². The summed E-state index contributed by atoms with van der Waals surface area (Å²) in [7, 11) is 0. The highest BCUT2D eigenvalue weighted by molar-refractivity contribution is 9.11. The first kappa shape index (κ1) is 16.5. The molecule has 0 fully saturated rings. The zero-order chi connectivity index (χ0) is 15.4. The van der Waals surface area contributed by atoms with Crippen LogP contribution in [-0.4, -0.2) is 16.7 Å². The standard InChI is InChI=1S/C14H17Br2N3O2/c1-8(2)14-18-12(19-21-14)7-20-13-10(15)5-9(3-4-17)6-11(13)16/h5-6,8H,3-4,7,17H2,1-2H3. The Hall–Kier alpha value is -0.920. The van der Waals surface area contributed by atoms with Gasteiger partial charge in [-0.05, 0) is 62.5 Å². The molecule has 2 N–H and O–H groups in total. The maximum absolute atomic E-state index is 5.77. The van der Waals surface area contributed by atoms with Crippen LogP contribution in [0.3, 0.4) is 0 Å². The predicted molar refractivity (Wildman–Crippen MR) is 87.3 cm³/mol. The van der Waals surface area contributed by atoms with E-state index in [9.17, 15) is 0 Å². The van der Waals surface area contributed by atoms with Crippen molar-refractivity contribution in [1.29, 1.82) is 0 Å². The van der Waals surface area contributed by atoms with Crippen molar-refractivity contribution in [2.45, 2.75) is 32.8 Å². The van der Waals surface area contributed by atoms with Gasteiger partial charge in [0.25, 0.3) is 0 Å². The lowest BCUT2D eigenvalue weighted by Gasteiger charge is -2.10. The van der Waals surface area contributed by atoms with E-state index >= 15 is 0 Å². The zero-order valence-corrected chi connectivity index (χ0v) is 15.1. The molecule has 0 amide bonds. The van der Waals surface area contributed by atoms with E-state index in [1.807, 2.05) is 26.0 Å². The Kier molecular flexibility index (Phi) is 5.78. The molecule has 7 heteroatoms. The lowest BCUT2D eigenvalue weighted by molar-refractivity contribution is 0.281. The van der Waals surface area contributed by atoms with Gasteiger partial charge in [0, 0.05) is 5.92 Å². The number of benzene rings is 1. The summed E-state index contributed by atoms with van der Waals surface area (Å²) in [4.78, 5) is 4.28. The fourth-order valence-corrected chi connectivity index (χ4v) is 3.27. The minimum atomic E-state index is 0.209. The summed E-state index contributed by atoms with van der Waals surface area (Å²) in [6.45, 7) is 4.87. The maximum Gasteiger partial charge on any atom is 0.229 e. The summed E-state index contributed by atoms with van der Waals surface area (Å²) >= 11 is 7.02. The summed E-state index contributed by atoms with van der Waals surface area (Å²) in [6, 6.07) is 4.01. The van der Waals surface area contributed by atoms with E-state index in [2.05, 4.69) is 42.0 Å². The van der Waals surface area contributed by atoms with Crippen molar-refractivity contribution in [2.75, 3.05) is 6.54 Å². The molecule has 114 valence electrons. The van der Waals surface area contributed by atoms with E-state index in [0.29, 0.717) is 24.0 Å². The number of nitrogens with zero attached hydrogens (tertiary/aromatic N) is 2. The SMILES string of the molecule is CC(C)c1nc(COc2c(Br)cc(CCN)cc2Br)no1. The molecule has 1 heterocycles. The highest BCUT2D eigenvalue weighted by Gasteiger charge is 2.13. The van der Waals surface area contributed by atoms with Crippen LogP contribution in [0.25, 0.3) is 0 Å². The number of nitrogens with two attached hydrogens (primary N) is 1. The molecule has 1 aromatic carbocycles. The minimum Gasteiger partial charge on any atom is -0.483 e. The van der Waals surface area contributed by atoms with Crippen molar-refractivity contribution in [3.8, 4) is 5.75 Å². The van der Waals surface area contributed by atoms with Gasteiger partial charge in [0.15, 0.2) is 6.61 Å². The van der Waals surface area contributed by atoms with Crippen LogP contribution < -0.4 is 10.5 Å². The van der Waals surface area contributed by atoms with E-state index in [1.165, 1.54) is 0 Å². The number of ether oxygens (including phenoxy) is 1. The van der Waals surface area contributed by atoms with Crippen molar-refractivity contribution < 1.29 is 9.26 Å². The molecule has 0 saturated heterocycles. The zero-order valence-electron chi connectivity index (χ0n) is 11.9. The molecule has 0 aliphatic heterocycles. The smallest absolute Gasteiger partial charge is 0.229 e. The topological polar surface area (TPSA) is 74.2 Å². The molecule has 0 unspecified atom stereocenters. The third-order valence-electron chi connectivity index (χ3n) is 2.81. The van der Waals surface area contributed by atoms with Crippen molar-refractivity contribution in [2.24, 2.45) is 5.73 Å². The third-order valence-corrected chi connectivity index (χ3v) is 3.99. The van der Waals surface area contributed by atoms with Crippen LogP contribution >= 0.6 is 31.9 Å². The second kappa shape index (κ2) is 7.38. The summed E-state index contributed by atoms with van der Waals surface area (Å²) in [6.07, 6.45) is 0.820. The molecule has 0 bridgehead atoms. The summed E-state index contributed by atoms with van der Waals surface area (Å²) in [5.74, 6) is 2.07. The molecule has 5 nitrogen and oxygen atoms in total. The molecule has 0 aliphatic carbocycles. The Morgan fingerprint density at radius 1 is 1.29 bits per heavy atom. The van der Waals surface area contributed by atoms with Crippen LogP contribution in [0.15, 0.2) is 25.6 Å². The molecule has 2 aromatic rings. The van der Waals surface area contributed by atoms with Crippen LogP contribution in [0, 0.1) is 0 Å². The molecule has 1 aromatic heterocycles. The van der Waals surface area contributed by atoms with Gasteiger partial charge in [0.2, 0.25) is 11.7 Å². The highest BCUT2D eigenvalue weighted by atomic mass is 79.9. The largest absolute Gasteiger partial charge is 0.483 e. The molecular weight excluding hydrogens is 402 g/mol. The second-order valence-corrected chi connectivity index (χ2v) is 6.63. The summed E-state index contributed by atoms with van der Waals surface area (Å²) in [5.41, 5.74) is 6.72. The third kappa shape index (κ3) is 4.28. The number of aromatic nitrogens is 2. The van der Waals surface area contributed by atoms with Gasteiger partial charge in [0.1, 0.15) is 5.75 Å². The van der Waals surface area contributed by atoms with Crippen molar-refractivity contribution in [1.82, 2.24) is 10.1 Å². The summed E-state index contributed by atoms with van der Waals surface area (Å²) < 4.78 is 12.7. The van der Waals surface area contributed by atoms with E-state index in [4.69, 9.17) is 15.0 Å². The van der Waals surface area contributed by atoms with Gasteiger partial charge in [-0.3, -0.25) is 0 Å². The number of hydrogen-bond acceptors (Lipinski definition) is 5. The fourth-order valence-electron chi connectivity index (χ4n) is 1.76. The maximum atomic E-state index is 5.77. The number of halogens is 2. The molecular formula is C14H17Br2N3O2. The average molecular weight is 419 g/mol. The minimum absolute atomic E-state index is 0.209. The van der Waals surface area contributed by atoms with Crippen LogP contribution in [0.2, 0.25) is 0 Å². The van der Waals surface area contributed by atoms with E-state index < -0.39 is 0 Å². The first-order chi connectivity index (χ1) is 10.0. The lowest BCUT2D eigenvalue weighted by Crippen LogP contribution is -2.04. The normalized spacial score (nSPS) is 11.1. The molecule has 0 saturated carbocycles. The average Bonchev–Trinajstić information content (AvgIpc) is 2.87. The Morgan fingerprint density at radius 2 is 1.95 bits per heavy atom. The van der Waals surface area contributed by atoms with Crippen LogP contribution in [-0.2, 0) is 13.0 Å². The van der Waals surface area contributed by atoms with Gasteiger partial charge < -0.3 is 15.0 Å². The number of hydrogen-bond donors (Lipinski definition) is 1.